The number of nitriles is 1. The Hall–Kier alpha value is -1.57. The van der Waals surface area contributed by atoms with Gasteiger partial charge in [-0.25, -0.2) is 0 Å². The molecule has 4 nitrogen and oxygen atoms in total. The predicted molar refractivity (Wildman–Crippen MR) is 69.0 cm³/mol. The molecule has 3 N–H and O–H groups in total. The molecule has 0 saturated heterocycles. The molecule has 0 aliphatic heterocycles. The van der Waals surface area contributed by atoms with Gasteiger partial charge in [-0.2, -0.15) is 5.26 Å². The van der Waals surface area contributed by atoms with Gasteiger partial charge in [0.25, 0.3) is 5.91 Å². The van der Waals surface area contributed by atoms with Crippen LogP contribution in [0.2, 0.25) is 0 Å². The van der Waals surface area contributed by atoms with E-state index < -0.39 is 0 Å². The summed E-state index contributed by atoms with van der Waals surface area (Å²) >= 11 is 0. The Kier molecular flexibility index (Phi) is 6.95. The molecule has 92 valence electrons. The van der Waals surface area contributed by atoms with E-state index in [4.69, 9.17) is 11.0 Å². The number of hydrogen-bond donors (Lipinski definition) is 2. The number of halogens is 1. The Labute approximate surface area is 107 Å². The average molecular weight is 254 g/mol. The van der Waals surface area contributed by atoms with Crippen molar-refractivity contribution in [1.29, 1.82) is 5.26 Å². The van der Waals surface area contributed by atoms with Crippen molar-refractivity contribution >= 4 is 18.3 Å². The summed E-state index contributed by atoms with van der Waals surface area (Å²) in [4.78, 5) is 11.6. The number of rotatable bonds is 4. The number of amides is 1. The first kappa shape index (κ1) is 15.4. The maximum absolute atomic E-state index is 11.6. The Bertz CT molecular complexity index is 395. The van der Waals surface area contributed by atoms with Gasteiger partial charge in [0.2, 0.25) is 0 Å². The lowest BCUT2D eigenvalue weighted by Crippen LogP contribution is -2.28. The van der Waals surface area contributed by atoms with Crippen molar-refractivity contribution in [2.24, 2.45) is 5.73 Å². The second kappa shape index (κ2) is 7.66. The molecule has 0 aliphatic carbocycles. The molecule has 0 bridgehead atoms. The summed E-state index contributed by atoms with van der Waals surface area (Å²) in [7, 11) is 0. The van der Waals surface area contributed by atoms with Crippen LogP contribution in [0.1, 0.15) is 29.3 Å². The maximum Gasteiger partial charge on any atom is 0.251 e. The van der Waals surface area contributed by atoms with Gasteiger partial charge < -0.3 is 11.1 Å². The van der Waals surface area contributed by atoms with Gasteiger partial charge in [0.15, 0.2) is 0 Å². The van der Waals surface area contributed by atoms with Gasteiger partial charge in [-0.15, -0.1) is 12.4 Å². The van der Waals surface area contributed by atoms with E-state index in [1.54, 1.807) is 24.3 Å². The summed E-state index contributed by atoms with van der Waals surface area (Å²) in [5, 5.41) is 11.4. The fraction of sp³-hybridized carbons (Fsp3) is 0.333. The van der Waals surface area contributed by atoms with Crippen LogP contribution >= 0.6 is 12.4 Å². The third-order valence-electron chi connectivity index (χ3n) is 2.16. The van der Waals surface area contributed by atoms with Gasteiger partial charge in [-0.05, 0) is 37.6 Å². The van der Waals surface area contributed by atoms with Crippen LogP contribution in [0.3, 0.4) is 0 Å². The lowest BCUT2D eigenvalue weighted by Gasteiger charge is -2.07. The van der Waals surface area contributed by atoms with Crippen molar-refractivity contribution in [3.8, 4) is 6.07 Å². The largest absolute Gasteiger partial charge is 0.352 e. The second-order valence-electron chi connectivity index (χ2n) is 3.71. The van der Waals surface area contributed by atoms with Gasteiger partial charge in [-0.1, -0.05) is 0 Å². The number of nitrogens with zero attached hydrogens (tertiary/aromatic N) is 1. The smallest absolute Gasteiger partial charge is 0.251 e. The Morgan fingerprint density at radius 3 is 2.53 bits per heavy atom. The van der Waals surface area contributed by atoms with Crippen LogP contribution < -0.4 is 11.1 Å². The molecule has 0 aromatic heterocycles. The van der Waals surface area contributed by atoms with Crippen molar-refractivity contribution in [1.82, 2.24) is 5.32 Å². The van der Waals surface area contributed by atoms with E-state index in [-0.39, 0.29) is 24.4 Å². The predicted octanol–water partition coefficient (Wildman–Crippen LogP) is 1.45. The zero-order valence-corrected chi connectivity index (χ0v) is 10.5. The summed E-state index contributed by atoms with van der Waals surface area (Å²) in [6, 6.07) is 8.62. The topological polar surface area (TPSA) is 78.9 Å². The molecular formula is C12H16ClN3O. The van der Waals surface area contributed by atoms with Crippen LogP contribution in [0.25, 0.3) is 0 Å². The van der Waals surface area contributed by atoms with Gasteiger partial charge in [-0.3, -0.25) is 4.79 Å². The minimum absolute atomic E-state index is 0. The van der Waals surface area contributed by atoms with Crippen molar-refractivity contribution < 1.29 is 4.79 Å². The summed E-state index contributed by atoms with van der Waals surface area (Å²) in [6.07, 6.45) is 0.752. The van der Waals surface area contributed by atoms with Crippen LogP contribution in [-0.2, 0) is 0 Å². The SMILES string of the molecule is CC(N)CCNC(=O)c1ccc(C#N)cc1.Cl. The minimum Gasteiger partial charge on any atom is -0.352 e. The number of hydrogen-bond acceptors (Lipinski definition) is 3. The van der Waals surface area contributed by atoms with E-state index in [1.807, 2.05) is 13.0 Å². The van der Waals surface area contributed by atoms with Crippen LogP contribution in [0.5, 0.6) is 0 Å². The average Bonchev–Trinajstić information content (AvgIpc) is 2.28. The van der Waals surface area contributed by atoms with E-state index in [1.165, 1.54) is 0 Å². The van der Waals surface area contributed by atoms with Gasteiger partial charge in [0.1, 0.15) is 0 Å². The molecule has 1 unspecified atom stereocenters. The van der Waals surface area contributed by atoms with Crippen molar-refractivity contribution in [2.75, 3.05) is 6.54 Å². The molecule has 0 spiro atoms. The first-order valence-corrected chi connectivity index (χ1v) is 5.17. The zero-order valence-electron chi connectivity index (χ0n) is 9.64. The molecule has 17 heavy (non-hydrogen) atoms. The molecule has 0 heterocycles. The van der Waals surface area contributed by atoms with Crippen LogP contribution in [0.15, 0.2) is 24.3 Å². The van der Waals surface area contributed by atoms with Gasteiger partial charge in [0, 0.05) is 18.2 Å². The standard InChI is InChI=1S/C12H15N3O.ClH/c1-9(14)6-7-15-12(16)11-4-2-10(8-13)3-5-11;/h2-5,9H,6-7,14H2,1H3,(H,15,16);1H. The van der Waals surface area contributed by atoms with E-state index in [2.05, 4.69) is 5.32 Å². The number of nitrogens with two attached hydrogens (primary N) is 1. The molecule has 1 aromatic carbocycles. The summed E-state index contributed by atoms with van der Waals surface area (Å²) in [5.41, 5.74) is 6.68. The first-order chi connectivity index (χ1) is 7.63. The molecule has 0 radical (unpaired) electrons. The lowest BCUT2D eigenvalue weighted by atomic mass is 10.1. The highest BCUT2D eigenvalue weighted by Gasteiger charge is 2.04. The highest BCUT2D eigenvalue weighted by molar-refractivity contribution is 5.94. The molecular weight excluding hydrogens is 238 g/mol. The summed E-state index contributed by atoms with van der Waals surface area (Å²) in [6.45, 7) is 2.46. The molecule has 0 saturated carbocycles. The molecule has 0 aliphatic rings. The second-order valence-corrected chi connectivity index (χ2v) is 3.71. The highest BCUT2D eigenvalue weighted by Crippen LogP contribution is 2.03. The van der Waals surface area contributed by atoms with Crippen LogP contribution in [0, 0.1) is 11.3 Å². The molecule has 0 fully saturated rings. The van der Waals surface area contributed by atoms with Crippen LogP contribution in [-0.4, -0.2) is 18.5 Å². The number of nitrogens with one attached hydrogen (secondary N) is 1. The van der Waals surface area contributed by atoms with Crippen molar-refractivity contribution in [2.45, 2.75) is 19.4 Å². The van der Waals surface area contributed by atoms with Gasteiger partial charge in [0.05, 0.1) is 11.6 Å². The van der Waals surface area contributed by atoms with E-state index in [0.29, 0.717) is 17.7 Å². The summed E-state index contributed by atoms with van der Waals surface area (Å²) in [5.74, 6) is -0.134. The Morgan fingerprint density at radius 2 is 2.06 bits per heavy atom. The molecule has 1 aromatic rings. The third-order valence-corrected chi connectivity index (χ3v) is 2.16. The van der Waals surface area contributed by atoms with Crippen molar-refractivity contribution in [3.63, 3.8) is 0 Å². The first-order valence-electron chi connectivity index (χ1n) is 5.17. The molecule has 1 rings (SSSR count). The molecule has 1 atom stereocenters. The number of carbonyl (C=O) groups excluding carboxylic acids is 1. The molecule has 1 amide bonds. The van der Waals surface area contributed by atoms with Gasteiger partial charge >= 0.3 is 0 Å². The highest BCUT2D eigenvalue weighted by atomic mass is 35.5. The van der Waals surface area contributed by atoms with E-state index in [9.17, 15) is 4.79 Å². The summed E-state index contributed by atoms with van der Waals surface area (Å²) < 4.78 is 0. The number of benzene rings is 1. The quantitative estimate of drug-likeness (QED) is 0.852. The van der Waals surface area contributed by atoms with Crippen molar-refractivity contribution in [3.05, 3.63) is 35.4 Å². The Morgan fingerprint density at radius 1 is 1.47 bits per heavy atom. The van der Waals surface area contributed by atoms with E-state index in [0.717, 1.165) is 6.42 Å². The minimum atomic E-state index is -0.134. The monoisotopic (exact) mass is 253 g/mol. The maximum atomic E-state index is 11.6. The fourth-order valence-electron chi connectivity index (χ4n) is 1.21. The zero-order chi connectivity index (χ0) is 12.0. The fourth-order valence-corrected chi connectivity index (χ4v) is 1.21. The normalized spacial score (nSPS) is 10.9. The molecule has 5 heteroatoms. The third kappa shape index (κ3) is 5.34. The van der Waals surface area contributed by atoms with Crippen LogP contribution in [0.4, 0.5) is 0 Å². The Balaban J connectivity index is 0.00000256. The lowest BCUT2D eigenvalue weighted by molar-refractivity contribution is 0.0953. The van der Waals surface area contributed by atoms with E-state index >= 15 is 0 Å². The number of carbonyl (C=O) groups is 1.